The number of methoxy groups -OCH3 is 1. The van der Waals surface area contributed by atoms with E-state index in [9.17, 15) is 9.18 Å². The maximum atomic E-state index is 11.8. The summed E-state index contributed by atoms with van der Waals surface area (Å²) < 4.78 is 17.6. The molecule has 0 unspecified atom stereocenters. The van der Waals surface area contributed by atoms with Crippen LogP contribution in [0, 0.1) is 0 Å². The topological polar surface area (TPSA) is 57.0 Å². The molecule has 0 amide bonds. The first-order valence-corrected chi connectivity index (χ1v) is 3.82. The molecule has 0 saturated heterocycles. The zero-order valence-electron chi connectivity index (χ0n) is 7.23. The average molecular weight is 187 g/mol. The van der Waals surface area contributed by atoms with Crippen LogP contribution in [-0.2, 0) is 11.3 Å². The van der Waals surface area contributed by atoms with Crippen molar-refractivity contribution in [3.05, 3.63) is 11.9 Å². The lowest BCUT2D eigenvalue weighted by Crippen LogP contribution is -2.01. The highest BCUT2D eigenvalue weighted by molar-refractivity contribution is 5.86. The van der Waals surface area contributed by atoms with E-state index in [4.69, 9.17) is 0 Å². The van der Waals surface area contributed by atoms with Gasteiger partial charge in [-0.25, -0.2) is 4.79 Å². The van der Waals surface area contributed by atoms with Crippen molar-refractivity contribution >= 4 is 5.97 Å². The second kappa shape index (κ2) is 4.54. The van der Waals surface area contributed by atoms with Gasteiger partial charge in [-0.3, -0.25) is 9.07 Å². The van der Waals surface area contributed by atoms with Gasteiger partial charge in [0.1, 0.15) is 0 Å². The highest BCUT2D eigenvalue weighted by Gasteiger charge is 2.09. The first kappa shape index (κ1) is 9.63. The Kier molecular flexibility index (Phi) is 3.36. The summed E-state index contributed by atoms with van der Waals surface area (Å²) in [4.78, 5) is 10.9. The minimum absolute atomic E-state index is 0.140. The Morgan fingerprint density at radius 3 is 3.15 bits per heavy atom. The number of halogens is 1. The van der Waals surface area contributed by atoms with Crippen molar-refractivity contribution in [2.45, 2.75) is 13.0 Å². The molecular formula is C7H10FN3O2. The van der Waals surface area contributed by atoms with Gasteiger partial charge in [0.15, 0.2) is 5.69 Å². The van der Waals surface area contributed by atoms with Crippen LogP contribution >= 0.6 is 0 Å². The normalized spacial score (nSPS) is 10.0. The number of carbonyl (C=O) groups is 1. The van der Waals surface area contributed by atoms with E-state index in [-0.39, 0.29) is 5.69 Å². The second-order valence-electron chi connectivity index (χ2n) is 2.40. The molecular weight excluding hydrogens is 177 g/mol. The Balaban J connectivity index is 2.58. The first-order valence-electron chi connectivity index (χ1n) is 3.82. The summed E-state index contributed by atoms with van der Waals surface area (Å²) >= 11 is 0. The molecule has 0 bridgehead atoms. The number of carbonyl (C=O) groups excluding carboxylic acids is 1. The zero-order chi connectivity index (χ0) is 9.68. The predicted molar refractivity (Wildman–Crippen MR) is 42.0 cm³/mol. The summed E-state index contributed by atoms with van der Waals surface area (Å²) in [5.74, 6) is -0.536. The van der Waals surface area contributed by atoms with Gasteiger partial charge in [0.2, 0.25) is 0 Å². The number of alkyl halides is 1. The number of aromatic nitrogens is 3. The third-order valence-corrected chi connectivity index (χ3v) is 1.45. The molecule has 0 aromatic carbocycles. The van der Waals surface area contributed by atoms with Crippen molar-refractivity contribution in [2.24, 2.45) is 0 Å². The van der Waals surface area contributed by atoms with Crippen LogP contribution in [-0.4, -0.2) is 34.7 Å². The lowest BCUT2D eigenvalue weighted by atomic mass is 10.4. The van der Waals surface area contributed by atoms with E-state index in [1.807, 2.05) is 0 Å². The summed E-state index contributed by atoms with van der Waals surface area (Å²) in [6, 6.07) is 0. The molecule has 0 spiro atoms. The summed E-state index contributed by atoms with van der Waals surface area (Å²) in [6.45, 7) is 0.00785. The molecule has 0 fully saturated rings. The summed E-state index contributed by atoms with van der Waals surface area (Å²) in [5.41, 5.74) is 0.140. The molecule has 0 aliphatic heterocycles. The molecule has 0 saturated carbocycles. The lowest BCUT2D eigenvalue weighted by molar-refractivity contribution is 0.0594. The van der Waals surface area contributed by atoms with Gasteiger partial charge in [0.25, 0.3) is 0 Å². The van der Waals surface area contributed by atoms with Crippen molar-refractivity contribution in [1.29, 1.82) is 0 Å². The van der Waals surface area contributed by atoms with Crippen LogP contribution in [0.15, 0.2) is 6.20 Å². The Hall–Kier alpha value is -1.46. The molecule has 6 heteroatoms. The summed E-state index contributed by atoms with van der Waals surface area (Å²) in [6.07, 6.45) is 1.80. The fraction of sp³-hybridized carbons (Fsp3) is 0.571. The van der Waals surface area contributed by atoms with E-state index in [2.05, 4.69) is 15.0 Å². The Morgan fingerprint density at radius 1 is 1.77 bits per heavy atom. The fourth-order valence-electron chi connectivity index (χ4n) is 0.828. The second-order valence-corrected chi connectivity index (χ2v) is 2.40. The molecule has 0 atom stereocenters. The standard InChI is InChI=1S/C7H10FN3O2/c1-13-7(12)6-5-11(10-9-6)4-2-3-8/h5H,2-4H2,1H3. The minimum Gasteiger partial charge on any atom is -0.464 e. The molecule has 1 heterocycles. The average Bonchev–Trinajstić information content (AvgIpc) is 2.62. The maximum absolute atomic E-state index is 11.8. The first-order chi connectivity index (χ1) is 6.27. The molecule has 0 aliphatic carbocycles. The maximum Gasteiger partial charge on any atom is 0.360 e. The Labute approximate surface area is 74.5 Å². The van der Waals surface area contributed by atoms with Crippen LogP contribution in [0.4, 0.5) is 4.39 Å². The van der Waals surface area contributed by atoms with Gasteiger partial charge in [-0.05, 0) is 6.42 Å². The zero-order valence-corrected chi connectivity index (χ0v) is 7.23. The molecule has 0 radical (unpaired) electrons. The smallest absolute Gasteiger partial charge is 0.360 e. The molecule has 1 aromatic rings. The number of rotatable bonds is 4. The van der Waals surface area contributed by atoms with Crippen LogP contribution < -0.4 is 0 Å². The molecule has 13 heavy (non-hydrogen) atoms. The van der Waals surface area contributed by atoms with Crippen molar-refractivity contribution in [1.82, 2.24) is 15.0 Å². The minimum atomic E-state index is -0.536. The van der Waals surface area contributed by atoms with Gasteiger partial charge in [0.05, 0.1) is 20.0 Å². The highest BCUT2D eigenvalue weighted by Crippen LogP contribution is 1.96. The summed E-state index contributed by atoms with van der Waals surface area (Å²) in [7, 11) is 1.27. The lowest BCUT2D eigenvalue weighted by Gasteiger charge is -1.94. The number of ether oxygens (including phenoxy) is 1. The van der Waals surface area contributed by atoms with Crippen molar-refractivity contribution in [3.63, 3.8) is 0 Å². The van der Waals surface area contributed by atoms with Crippen LogP contribution in [0.25, 0.3) is 0 Å². The van der Waals surface area contributed by atoms with Crippen LogP contribution in [0.1, 0.15) is 16.9 Å². The van der Waals surface area contributed by atoms with E-state index < -0.39 is 12.6 Å². The van der Waals surface area contributed by atoms with Gasteiger partial charge in [-0.2, -0.15) is 0 Å². The van der Waals surface area contributed by atoms with Crippen molar-refractivity contribution in [3.8, 4) is 0 Å². The predicted octanol–water partition coefficient (Wildman–Crippen LogP) is 0.424. The van der Waals surface area contributed by atoms with Gasteiger partial charge < -0.3 is 4.74 Å². The van der Waals surface area contributed by atoms with Crippen LogP contribution in [0.5, 0.6) is 0 Å². The molecule has 0 aliphatic rings. The van der Waals surface area contributed by atoms with Crippen molar-refractivity contribution in [2.75, 3.05) is 13.8 Å². The quantitative estimate of drug-likeness (QED) is 0.641. The molecule has 5 nitrogen and oxygen atoms in total. The largest absolute Gasteiger partial charge is 0.464 e. The van der Waals surface area contributed by atoms with Gasteiger partial charge in [-0.1, -0.05) is 5.21 Å². The number of hydrogen-bond donors (Lipinski definition) is 0. The molecule has 1 aromatic heterocycles. The van der Waals surface area contributed by atoms with Crippen molar-refractivity contribution < 1.29 is 13.9 Å². The fourth-order valence-corrected chi connectivity index (χ4v) is 0.828. The van der Waals surface area contributed by atoms with Gasteiger partial charge in [0, 0.05) is 6.54 Å². The third-order valence-electron chi connectivity index (χ3n) is 1.45. The van der Waals surface area contributed by atoms with Gasteiger partial charge >= 0.3 is 5.97 Å². The Morgan fingerprint density at radius 2 is 2.54 bits per heavy atom. The molecule has 72 valence electrons. The van der Waals surface area contributed by atoms with Crippen LogP contribution in [0.2, 0.25) is 0 Å². The summed E-state index contributed by atoms with van der Waals surface area (Å²) in [5, 5.41) is 7.18. The number of hydrogen-bond acceptors (Lipinski definition) is 4. The van der Waals surface area contributed by atoms with E-state index >= 15 is 0 Å². The van der Waals surface area contributed by atoms with Crippen LogP contribution in [0.3, 0.4) is 0 Å². The van der Waals surface area contributed by atoms with E-state index in [1.54, 1.807) is 0 Å². The van der Waals surface area contributed by atoms with E-state index in [0.29, 0.717) is 13.0 Å². The number of aryl methyl sites for hydroxylation is 1. The number of nitrogens with zero attached hydrogens (tertiary/aromatic N) is 3. The van der Waals surface area contributed by atoms with Gasteiger partial charge in [-0.15, -0.1) is 5.10 Å². The SMILES string of the molecule is COC(=O)c1cn(CCCF)nn1. The highest BCUT2D eigenvalue weighted by atomic mass is 19.1. The monoisotopic (exact) mass is 187 g/mol. The van der Waals surface area contributed by atoms with E-state index in [0.717, 1.165) is 0 Å². The van der Waals surface area contributed by atoms with E-state index in [1.165, 1.54) is 18.0 Å². The molecule has 1 rings (SSSR count). The molecule has 0 N–H and O–H groups in total. The third kappa shape index (κ3) is 2.50. The Bertz CT molecular complexity index is 287. The number of esters is 1.